The van der Waals surface area contributed by atoms with E-state index in [-0.39, 0.29) is 0 Å². The van der Waals surface area contributed by atoms with Gasteiger partial charge in [0.2, 0.25) is 0 Å². The van der Waals surface area contributed by atoms with Crippen molar-refractivity contribution in [2.45, 2.75) is 40.0 Å². The molecule has 1 nitrogen and oxygen atoms in total. The molecular weight excluding hydrogens is 216 g/mol. The molecule has 1 aliphatic carbocycles. The van der Waals surface area contributed by atoms with Gasteiger partial charge in [-0.1, -0.05) is 26.8 Å². The van der Waals surface area contributed by atoms with Gasteiger partial charge in [-0.05, 0) is 59.6 Å². The average Bonchev–Trinajstić information content (AvgIpc) is 2.28. The maximum Gasteiger partial charge on any atom is 0.122 e. The van der Waals surface area contributed by atoms with E-state index < -0.39 is 0 Å². The molecule has 0 fully saturated rings. The molecule has 2 rings (SSSR count). The SMILES string of the molecule is CO[13c]1c[13c]2c([13cH]c1C)[13C](C([13CH3])[13CH3])=C[13CH2]C2[13CH3]. The first-order chi connectivity index (χ1) is 8.04. The van der Waals surface area contributed by atoms with Crippen LogP contribution in [0.5, 0.6) is 5.75 Å². The molecule has 0 heterocycles. The summed E-state index contributed by atoms with van der Waals surface area (Å²) in [6.45, 7) is 8.95. The molecule has 0 aromatic heterocycles. The van der Waals surface area contributed by atoms with Gasteiger partial charge in [0.1, 0.15) is 5.75 Å². The number of fused-ring (bicyclic) bond motifs is 1. The van der Waals surface area contributed by atoms with Crippen LogP contribution in [-0.4, -0.2) is 7.11 Å². The Kier molecular flexibility index (Phi) is 3.28. The number of allylic oxidation sites excluding steroid dienone is 2. The zero-order chi connectivity index (χ0) is 12.6. The second-order valence-electron chi connectivity index (χ2n) is 5.36. The van der Waals surface area contributed by atoms with Crippen molar-refractivity contribution in [2.24, 2.45) is 5.92 Å². The van der Waals surface area contributed by atoms with E-state index in [0.29, 0.717) is 11.8 Å². The maximum atomic E-state index is 5.44. The lowest BCUT2D eigenvalue weighted by Gasteiger charge is -2.26. The van der Waals surface area contributed by atoms with Gasteiger partial charge < -0.3 is 4.74 Å². The van der Waals surface area contributed by atoms with Crippen LogP contribution >= 0.6 is 0 Å². The number of aryl methyl sites for hydroxylation is 1. The van der Waals surface area contributed by atoms with E-state index in [2.05, 4.69) is 45.9 Å². The Labute approximate surface area is 104 Å². The predicted molar refractivity (Wildman–Crippen MR) is 73.6 cm³/mol. The molecule has 1 heteroatoms. The third-order valence-corrected chi connectivity index (χ3v) is 3.72. The third kappa shape index (κ3) is 2.11. The zero-order valence-electron chi connectivity index (χ0n) is 11.5. The van der Waals surface area contributed by atoms with Crippen molar-refractivity contribution in [1.82, 2.24) is 0 Å². The Morgan fingerprint density at radius 3 is 2.59 bits per heavy atom. The van der Waals surface area contributed by atoms with Crippen LogP contribution in [-0.2, 0) is 0 Å². The minimum atomic E-state index is 0.592. The highest BCUT2D eigenvalue weighted by molar-refractivity contribution is 5.73. The first-order valence-corrected chi connectivity index (χ1v) is 6.43. The summed E-state index contributed by atoms with van der Waals surface area (Å²) in [5, 5.41) is 0. The summed E-state index contributed by atoms with van der Waals surface area (Å²) in [4.78, 5) is 0. The van der Waals surface area contributed by atoms with Gasteiger partial charge in [-0.15, -0.1) is 0 Å². The van der Waals surface area contributed by atoms with Crippen molar-refractivity contribution in [2.75, 3.05) is 7.11 Å². The monoisotopic (exact) mass is 238 g/mol. The predicted octanol–water partition coefficient (Wildman–Crippen LogP) is 4.55. The van der Waals surface area contributed by atoms with Crippen LogP contribution in [0.25, 0.3) is 5.57 Å². The highest BCUT2D eigenvalue weighted by Crippen LogP contribution is 2.40. The molecular formula is C16H22O. The Morgan fingerprint density at radius 1 is 1.29 bits per heavy atom. The van der Waals surface area contributed by atoms with Crippen molar-refractivity contribution in [1.29, 1.82) is 0 Å². The normalized spacial score (nSPS) is 18.9. The largest absolute Gasteiger partial charge is 0.496 e. The second kappa shape index (κ2) is 4.56. The fourth-order valence-electron chi connectivity index (χ4n) is 2.67. The molecule has 17 heavy (non-hydrogen) atoms. The van der Waals surface area contributed by atoms with Crippen molar-refractivity contribution >= 4 is 5.57 Å². The number of hydrogen-bond donors (Lipinski definition) is 0. The summed E-state index contributed by atoms with van der Waals surface area (Å²) in [6.07, 6.45) is 3.55. The van der Waals surface area contributed by atoms with Crippen LogP contribution < -0.4 is 4.74 Å². The van der Waals surface area contributed by atoms with Gasteiger partial charge in [-0.3, -0.25) is 0 Å². The first-order valence-electron chi connectivity index (χ1n) is 6.43. The molecule has 0 spiro atoms. The Morgan fingerprint density at radius 2 is 2.00 bits per heavy atom. The lowest BCUT2D eigenvalue weighted by molar-refractivity contribution is 0.410. The van der Waals surface area contributed by atoms with Gasteiger partial charge in [-0.2, -0.15) is 0 Å². The Balaban J connectivity index is 2.58. The topological polar surface area (TPSA) is 9.23 Å². The standard InChI is InChI=1S/C16H22O/c1-10(2)13-7-6-11(3)14-9-16(17-5)12(4)8-15(13)14/h7-11H,6H2,1-5H3/i1+1,2+1,3+1,6+1,8+1,13+1,14+1,16+1. The van der Waals surface area contributed by atoms with Crippen molar-refractivity contribution in [3.63, 3.8) is 0 Å². The molecule has 1 aromatic rings. The first kappa shape index (κ1) is 12.2. The molecule has 1 aromatic carbocycles. The molecule has 0 saturated heterocycles. The van der Waals surface area contributed by atoms with Gasteiger partial charge in [0, 0.05) is 0 Å². The summed E-state index contributed by atoms with van der Waals surface area (Å²) in [7, 11) is 1.75. The summed E-state index contributed by atoms with van der Waals surface area (Å²) in [5.74, 6) is 2.21. The fourth-order valence-corrected chi connectivity index (χ4v) is 2.67. The number of benzene rings is 1. The van der Waals surface area contributed by atoms with Crippen LogP contribution in [0.4, 0.5) is 0 Å². The van der Waals surface area contributed by atoms with E-state index in [0.717, 1.165) is 12.2 Å². The van der Waals surface area contributed by atoms with Crippen LogP contribution in [0.2, 0.25) is 0 Å². The summed E-state index contributed by atoms with van der Waals surface area (Å²) < 4.78 is 5.44. The van der Waals surface area contributed by atoms with Crippen molar-refractivity contribution in [3.8, 4) is 5.75 Å². The molecule has 1 atom stereocenters. The number of ether oxygens (including phenoxy) is 1. The fraction of sp³-hybridized carbons (Fsp3) is 0.500. The average molecular weight is 238 g/mol. The third-order valence-electron chi connectivity index (χ3n) is 3.72. The van der Waals surface area contributed by atoms with E-state index in [1.807, 2.05) is 0 Å². The van der Waals surface area contributed by atoms with Crippen LogP contribution in [0, 0.1) is 12.8 Å². The highest BCUT2D eigenvalue weighted by Gasteiger charge is 2.21. The quantitative estimate of drug-likeness (QED) is 0.687. The number of rotatable bonds is 2. The lowest BCUT2D eigenvalue weighted by Crippen LogP contribution is -2.08. The smallest absolute Gasteiger partial charge is 0.122 e. The van der Waals surface area contributed by atoms with Gasteiger partial charge >= 0.3 is 0 Å². The zero-order valence-corrected chi connectivity index (χ0v) is 11.5. The van der Waals surface area contributed by atoms with E-state index in [9.17, 15) is 0 Å². The highest BCUT2D eigenvalue weighted by atomic mass is 16.5. The second-order valence-corrected chi connectivity index (χ2v) is 5.36. The number of hydrogen-bond acceptors (Lipinski definition) is 1. The minimum absolute atomic E-state index is 0.592. The van der Waals surface area contributed by atoms with E-state index >= 15 is 0 Å². The van der Waals surface area contributed by atoms with Crippen molar-refractivity contribution in [3.05, 3.63) is 34.9 Å². The van der Waals surface area contributed by atoms with Crippen LogP contribution in [0.1, 0.15) is 49.8 Å². The lowest BCUT2D eigenvalue weighted by atomic mass is 10.2. The van der Waals surface area contributed by atoms with Crippen molar-refractivity contribution < 1.29 is 4.74 Å². The summed E-state index contributed by atoms with van der Waals surface area (Å²) >= 11 is 0. The van der Waals surface area contributed by atoms with Crippen LogP contribution in [0.15, 0.2) is 18.2 Å². The van der Waals surface area contributed by atoms with Gasteiger partial charge in [-0.25, -0.2) is 0 Å². The molecule has 0 aliphatic heterocycles. The van der Waals surface area contributed by atoms with Gasteiger partial charge in [0.15, 0.2) is 0 Å². The molecule has 92 valence electrons. The van der Waals surface area contributed by atoms with Gasteiger partial charge in [0.05, 0.1) is 7.11 Å². The molecule has 1 unspecified atom stereocenters. The molecule has 0 N–H and O–H groups in total. The molecule has 0 radical (unpaired) electrons. The van der Waals surface area contributed by atoms with E-state index in [4.69, 9.17) is 4.74 Å². The summed E-state index contributed by atoms with van der Waals surface area (Å²) in [5.41, 5.74) is 5.59. The Bertz CT molecular complexity index is 455. The molecule has 1 aliphatic rings. The molecule has 0 amide bonds. The van der Waals surface area contributed by atoms with Gasteiger partial charge in [0.25, 0.3) is 0 Å². The van der Waals surface area contributed by atoms with E-state index in [1.54, 1.807) is 7.11 Å². The minimum Gasteiger partial charge on any atom is -0.496 e. The number of methoxy groups -OCH3 is 1. The van der Waals surface area contributed by atoms with E-state index in [1.165, 1.54) is 22.3 Å². The maximum absolute atomic E-state index is 5.44. The molecule has 0 saturated carbocycles. The molecule has 0 bridgehead atoms. The van der Waals surface area contributed by atoms with Crippen LogP contribution in [0.3, 0.4) is 0 Å². The Hall–Kier alpha value is -1.24. The summed E-state index contributed by atoms with van der Waals surface area (Å²) in [6, 6.07) is 4.51.